The van der Waals surface area contributed by atoms with Crippen LogP contribution < -0.4 is 15.4 Å². The topological polar surface area (TPSA) is 50.4 Å². The first-order chi connectivity index (χ1) is 9.52. The highest BCUT2D eigenvalue weighted by Gasteiger charge is 2.27. The number of rotatable bonds is 4. The van der Waals surface area contributed by atoms with Gasteiger partial charge < -0.3 is 15.4 Å². The lowest BCUT2D eigenvalue weighted by Crippen LogP contribution is -2.47. The van der Waals surface area contributed by atoms with E-state index in [0.29, 0.717) is 16.5 Å². The quantitative estimate of drug-likeness (QED) is 0.847. The maximum Gasteiger partial charge on any atom is 0.319 e. The smallest absolute Gasteiger partial charge is 0.319 e. The highest BCUT2D eigenvalue weighted by molar-refractivity contribution is 6.32. The molecule has 0 fully saturated rings. The van der Waals surface area contributed by atoms with Gasteiger partial charge in [-0.05, 0) is 43.9 Å². The molecule has 0 heterocycles. The number of carbonyl (C=O) groups excluding carboxylic acids is 1. The molecule has 0 unspecified atom stereocenters. The molecule has 0 saturated heterocycles. The molecular weight excluding hydrogens is 288 g/mol. The van der Waals surface area contributed by atoms with Crippen molar-refractivity contribution in [3.8, 4) is 5.75 Å². The van der Waals surface area contributed by atoms with Gasteiger partial charge in [-0.2, -0.15) is 0 Å². The van der Waals surface area contributed by atoms with E-state index in [1.54, 1.807) is 25.3 Å². The van der Waals surface area contributed by atoms with Gasteiger partial charge in [-0.3, -0.25) is 0 Å². The van der Waals surface area contributed by atoms with Crippen LogP contribution in [0, 0.1) is 5.41 Å². The van der Waals surface area contributed by atoms with Crippen molar-refractivity contribution in [3.63, 3.8) is 0 Å². The van der Waals surface area contributed by atoms with Crippen molar-refractivity contribution in [3.05, 3.63) is 23.2 Å². The SMILES string of the molecule is COc1ccc(NC(=O)NC(C)(C)CC(C)(C)C)cc1Cl. The van der Waals surface area contributed by atoms with Gasteiger partial charge in [0.1, 0.15) is 5.75 Å². The van der Waals surface area contributed by atoms with Crippen molar-refractivity contribution in [2.24, 2.45) is 5.41 Å². The Morgan fingerprint density at radius 2 is 1.86 bits per heavy atom. The zero-order valence-electron chi connectivity index (χ0n) is 13.6. The molecule has 0 aromatic heterocycles. The second-order valence-electron chi connectivity index (χ2n) is 7.05. The van der Waals surface area contributed by atoms with Crippen LogP contribution in [0.4, 0.5) is 10.5 Å². The standard InChI is InChI=1S/C16H25ClN2O2/c1-15(2,3)10-16(4,5)19-14(20)18-11-7-8-13(21-6)12(17)9-11/h7-9H,10H2,1-6H3,(H2,18,19,20). The Hall–Kier alpha value is -1.42. The molecule has 0 spiro atoms. The molecule has 0 radical (unpaired) electrons. The molecule has 0 aliphatic carbocycles. The number of hydrogen-bond acceptors (Lipinski definition) is 2. The second-order valence-corrected chi connectivity index (χ2v) is 7.46. The third-order valence-electron chi connectivity index (χ3n) is 2.83. The maximum atomic E-state index is 12.1. The summed E-state index contributed by atoms with van der Waals surface area (Å²) in [6.07, 6.45) is 0.872. The Bertz CT molecular complexity index is 507. The van der Waals surface area contributed by atoms with E-state index < -0.39 is 0 Å². The summed E-state index contributed by atoms with van der Waals surface area (Å²) in [6, 6.07) is 4.89. The number of urea groups is 1. The summed E-state index contributed by atoms with van der Waals surface area (Å²) >= 11 is 6.04. The molecule has 1 rings (SSSR count). The Morgan fingerprint density at radius 3 is 2.33 bits per heavy atom. The number of amides is 2. The van der Waals surface area contributed by atoms with E-state index in [4.69, 9.17) is 16.3 Å². The van der Waals surface area contributed by atoms with Gasteiger partial charge in [-0.25, -0.2) is 4.79 Å². The molecule has 118 valence electrons. The second kappa shape index (κ2) is 6.56. The van der Waals surface area contributed by atoms with E-state index in [2.05, 4.69) is 31.4 Å². The van der Waals surface area contributed by atoms with Crippen LogP contribution in [0.2, 0.25) is 5.02 Å². The summed E-state index contributed by atoms with van der Waals surface area (Å²) in [7, 11) is 1.55. The van der Waals surface area contributed by atoms with Gasteiger partial charge in [-0.1, -0.05) is 32.4 Å². The minimum Gasteiger partial charge on any atom is -0.495 e. The van der Waals surface area contributed by atoms with E-state index in [9.17, 15) is 4.79 Å². The molecule has 0 aliphatic heterocycles. The van der Waals surface area contributed by atoms with Crippen LogP contribution in [-0.2, 0) is 0 Å². The first-order valence-corrected chi connectivity index (χ1v) is 7.33. The van der Waals surface area contributed by atoms with Crippen molar-refractivity contribution in [1.82, 2.24) is 5.32 Å². The van der Waals surface area contributed by atoms with Crippen molar-refractivity contribution in [2.75, 3.05) is 12.4 Å². The molecule has 1 aromatic carbocycles. The zero-order valence-corrected chi connectivity index (χ0v) is 14.4. The molecule has 5 heteroatoms. The average Bonchev–Trinajstić information content (AvgIpc) is 2.24. The number of nitrogens with one attached hydrogen (secondary N) is 2. The van der Waals surface area contributed by atoms with Gasteiger partial charge in [0.2, 0.25) is 0 Å². The van der Waals surface area contributed by atoms with Crippen molar-refractivity contribution in [2.45, 2.75) is 46.6 Å². The Morgan fingerprint density at radius 1 is 1.24 bits per heavy atom. The van der Waals surface area contributed by atoms with Gasteiger partial charge in [-0.15, -0.1) is 0 Å². The molecule has 21 heavy (non-hydrogen) atoms. The lowest BCUT2D eigenvalue weighted by atomic mass is 9.82. The van der Waals surface area contributed by atoms with Crippen LogP contribution in [-0.4, -0.2) is 18.7 Å². The zero-order chi connectivity index (χ0) is 16.3. The summed E-state index contributed by atoms with van der Waals surface area (Å²) in [4.78, 5) is 12.1. The molecule has 2 amide bonds. The van der Waals surface area contributed by atoms with Crippen LogP contribution in [0.15, 0.2) is 18.2 Å². The molecule has 1 aromatic rings. The van der Waals surface area contributed by atoms with E-state index in [1.165, 1.54) is 0 Å². The summed E-state index contributed by atoms with van der Waals surface area (Å²) in [6.45, 7) is 10.5. The molecule has 0 bridgehead atoms. The number of methoxy groups -OCH3 is 1. The summed E-state index contributed by atoms with van der Waals surface area (Å²) in [5.41, 5.74) is 0.476. The Balaban J connectivity index is 2.67. The maximum absolute atomic E-state index is 12.1. The Kier molecular flexibility index (Phi) is 5.51. The van der Waals surface area contributed by atoms with Crippen molar-refractivity contribution < 1.29 is 9.53 Å². The lowest BCUT2D eigenvalue weighted by molar-refractivity contribution is 0.220. The fraction of sp³-hybridized carbons (Fsp3) is 0.562. The Labute approximate surface area is 132 Å². The minimum atomic E-state index is -0.293. The van der Waals surface area contributed by atoms with Crippen molar-refractivity contribution >= 4 is 23.3 Å². The summed E-state index contributed by atoms with van der Waals surface area (Å²) in [5.74, 6) is 0.579. The number of ether oxygens (including phenoxy) is 1. The first-order valence-electron chi connectivity index (χ1n) is 6.95. The lowest BCUT2D eigenvalue weighted by Gasteiger charge is -2.33. The number of anilines is 1. The first kappa shape index (κ1) is 17.6. The molecule has 0 aliphatic rings. The van der Waals surface area contributed by atoms with Crippen LogP contribution in [0.25, 0.3) is 0 Å². The molecular formula is C16H25ClN2O2. The van der Waals surface area contributed by atoms with Gasteiger partial charge >= 0.3 is 6.03 Å². The predicted molar refractivity (Wildman–Crippen MR) is 88.3 cm³/mol. The monoisotopic (exact) mass is 312 g/mol. The van der Waals surface area contributed by atoms with Gasteiger partial charge in [0.25, 0.3) is 0 Å². The minimum absolute atomic E-state index is 0.139. The van der Waals surface area contributed by atoms with Crippen LogP contribution in [0.5, 0.6) is 5.75 Å². The highest BCUT2D eigenvalue weighted by Crippen LogP contribution is 2.28. The number of benzene rings is 1. The predicted octanol–water partition coefficient (Wildman–Crippen LogP) is 4.68. The normalized spacial score (nSPS) is 12.0. The van der Waals surface area contributed by atoms with E-state index in [0.717, 1.165) is 6.42 Å². The summed E-state index contributed by atoms with van der Waals surface area (Å²) < 4.78 is 5.08. The summed E-state index contributed by atoms with van der Waals surface area (Å²) in [5, 5.41) is 6.23. The van der Waals surface area contributed by atoms with Crippen molar-refractivity contribution in [1.29, 1.82) is 0 Å². The van der Waals surface area contributed by atoms with E-state index in [-0.39, 0.29) is 17.0 Å². The fourth-order valence-corrected chi connectivity index (χ4v) is 2.84. The van der Waals surface area contributed by atoms with Gasteiger partial charge in [0.05, 0.1) is 12.1 Å². The van der Waals surface area contributed by atoms with Crippen LogP contribution in [0.1, 0.15) is 41.0 Å². The fourth-order valence-electron chi connectivity index (χ4n) is 2.58. The molecule has 0 atom stereocenters. The number of halogens is 1. The number of carbonyl (C=O) groups is 1. The van der Waals surface area contributed by atoms with E-state index >= 15 is 0 Å². The number of hydrogen-bond donors (Lipinski definition) is 2. The third kappa shape index (κ3) is 6.25. The van der Waals surface area contributed by atoms with Crippen LogP contribution in [0.3, 0.4) is 0 Å². The largest absolute Gasteiger partial charge is 0.495 e. The van der Waals surface area contributed by atoms with Crippen LogP contribution >= 0.6 is 11.6 Å². The van der Waals surface area contributed by atoms with E-state index in [1.807, 2.05) is 13.8 Å². The molecule has 4 nitrogen and oxygen atoms in total. The van der Waals surface area contributed by atoms with Gasteiger partial charge in [0, 0.05) is 11.2 Å². The molecule has 2 N–H and O–H groups in total. The average molecular weight is 313 g/mol. The molecule has 0 saturated carbocycles. The third-order valence-corrected chi connectivity index (χ3v) is 3.13. The van der Waals surface area contributed by atoms with Gasteiger partial charge in [0.15, 0.2) is 0 Å². The highest BCUT2D eigenvalue weighted by atomic mass is 35.5.